The van der Waals surface area contributed by atoms with Gasteiger partial charge in [0.1, 0.15) is 0 Å². The standard InChI is InChI=1S/C10H17N3O2S/c1-8-2-4-9(5-3-8)13-16(14,15)10-6-7-11-12-10/h6-9,13H,2-5H2,1H3,(H,11,12). The molecule has 0 atom stereocenters. The molecule has 1 heterocycles. The van der Waals surface area contributed by atoms with Gasteiger partial charge in [-0.25, -0.2) is 13.1 Å². The summed E-state index contributed by atoms with van der Waals surface area (Å²) in [6.45, 7) is 2.21. The molecular formula is C10H17N3O2S. The van der Waals surface area contributed by atoms with Gasteiger partial charge in [-0.05, 0) is 37.7 Å². The molecule has 2 N–H and O–H groups in total. The summed E-state index contributed by atoms with van der Waals surface area (Å²) in [5, 5.41) is 6.27. The van der Waals surface area contributed by atoms with Gasteiger partial charge < -0.3 is 0 Å². The van der Waals surface area contributed by atoms with Crippen LogP contribution in [0.25, 0.3) is 0 Å². The number of nitrogens with zero attached hydrogens (tertiary/aromatic N) is 1. The first-order valence-electron chi connectivity index (χ1n) is 5.59. The first-order valence-corrected chi connectivity index (χ1v) is 7.08. The number of aromatic amines is 1. The van der Waals surface area contributed by atoms with Gasteiger partial charge in [-0.2, -0.15) is 5.10 Å². The Morgan fingerprint density at radius 1 is 1.38 bits per heavy atom. The Kier molecular flexibility index (Phi) is 3.30. The quantitative estimate of drug-likeness (QED) is 0.839. The van der Waals surface area contributed by atoms with Crippen molar-refractivity contribution in [3.8, 4) is 0 Å². The van der Waals surface area contributed by atoms with E-state index in [0.717, 1.165) is 25.7 Å². The number of hydrogen-bond acceptors (Lipinski definition) is 3. The van der Waals surface area contributed by atoms with Gasteiger partial charge in [0.05, 0.1) is 6.20 Å². The van der Waals surface area contributed by atoms with Crippen LogP contribution in [0.2, 0.25) is 0 Å². The summed E-state index contributed by atoms with van der Waals surface area (Å²) in [4.78, 5) is 0. The number of hydrogen-bond donors (Lipinski definition) is 2. The van der Waals surface area contributed by atoms with Crippen molar-refractivity contribution in [1.82, 2.24) is 14.9 Å². The van der Waals surface area contributed by atoms with E-state index in [-0.39, 0.29) is 11.1 Å². The van der Waals surface area contributed by atoms with Crippen LogP contribution in [0.4, 0.5) is 0 Å². The highest BCUT2D eigenvalue weighted by atomic mass is 32.2. The van der Waals surface area contributed by atoms with E-state index in [1.807, 2.05) is 0 Å². The molecule has 16 heavy (non-hydrogen) atoms. The molecule has 90 valence electrons. The number of rotatable bonds is 3. The minimum atomic E-state index is -3.40. The fourth-order valence-corrected chi connectivity index (χ4v) is 3.27. The molecule has 1 aliphatic carbocycles. The molecule has 0 aliphatic heterocycles. The van der Waals surface area contributed by atoms with Crippen LogP contribution in [0, 0.1) is 5.92 Å². The SMILES string of the molecule is CC1CCC(NS(=O)(=O)c2ccn[nH]2)CC1. The molecule has 5 nitrogen and oxygen atoms in total. The molecule has 0 saturated heterocycles. The lowest BCUT2D eigenvalue weighted by Crippen LogP contribution is -2.37. The Labute approximate surface area is 95.7 Å². The Morgan fingerprint density at radius 3 is 2.62 bits per heavy atom. The Bertz CT molecular complexity index is 419. The maximum atomic E-state index is 11.9. The first-order chi connectivity index (χ1) is 7.58. The maximum Gasteiger partial charge on any atom is 0.257 e. The summed E-state index contributed by atoms with van der Waals surface area (Å²) in [6.07, 6.45) is 5.48. The lowest BCUT2D eigenvalue weighted by molar-refractivity contribution is 0.332. The second-order valence-electron chi connectivity index (χ2n) is 4.50. The lowest BCUT2D eigenvalue weighted by Gasteiger charge is -2.26. The average molecular weight is 243 g/mol. The van der Waals surface area contributed by atoms with Crippen molar-refractivity contribution in [2.45, 2.75) is 43.7 Å². The van der Waals surface area contributed by atoms with Crippen molar-refractivity contribution in [3.63, 3.8) is 0 Å². The number of sulfonamides is 1. The van der Waals surface area contributed by atoms with Gasteiger partial charge in [0, 0.05) is 6.04 Å². The summed E-state index contributed by atoms with van der Waals surface area (Å²) in [6, 6.07) is 1.54. The predicted octanol–water partition coefficient (Wildman–Crippen LogP) is 1.27. The number of nitrogens with one attached hydrogen (secondary N) is 2. The smallest absolute Gasteiger partial charge is 0.257 e. The molecule has 0 bridgehead atoms. The molecule has 0 radical (unpaired) electrons. The summed E-state index contributed by atoms with van der Waals surface area (Å²) in [5.41, 5.74) is 0. The minimum Gasteiger partial charge on any atom is -0.266 e. The van der Waals surface area contributed by atoms with Crippen LogP contribution in [0.15, 0.2) is 17.3 Å². The van der Waals surface area contributed by atoms with Gasteiger partial charge in [0.25, 0.3) is 10.0 Å². The van der Waals surface area contributed by atoms with Gasteiger partial charge in [0.15, 0.2) is 5.03 Å². The van der Waals surface area contributed by atoms with Gasteiger partial charge in [0.2, 0.25) is 0 Å². The molecule has 1 aliphatic rings. The van der Waals surface area contributed by atoms with E-state index in [2.05, 4.69) is 21.8 Å². The highest BCUT2D eigenvalue weighted by Gasteiger charge is 2.24. The minimum absolute atomic E-state index is 0.0736. The molecule has 1 aromatic heterocycles. The van der Waals surface area contributed by atoms with Crippen LogP contribution >= 0.6 is 0 Å². The second-order valence-corrected chi connectivity index (χ2v) is 6.18. The maximum absolute atomic E-state index is 11.9. The molecule has 6 heteroatoms. The zero-order valence-corrected chi connectivity index (χ0v) is 10.1. The van der Waals surface area contributed by atoms with Crippen molar-refractivity contribution in [3.05, 3.63) is 12.3 Å². The van der Waals surface area contributed by atoms with Crippen LogP contribution in [0.5, 0.6) is 0 Å². The van der Waals surface area contributed by atoms with E-state index in [9.17, 15) is 8.42 Å². The molecular weight excluding hydrogens is 226 g/mol. The molecule has 0 unspecified atom stereocenters. The van der Waals surface area contributed by atoms with Gasteiger partial charge in [-0.3, -0.25) is 5.10 Å². The highest BCUT2D eigenvalue weighted by molar-refractivity contribution is 7.89. The fourth-order valence-electron chi connectivity index (χ4n) is 2.05. The summed E-state index contributed by atoms with van der Waals surface area (Å²) in [5.74, 6) is 0.716. The molecule has 1 fully saturated rings. The molecule has 2 rings (SSSR count). The Morgan fingerprint density at radius 2 is 2.06 bits per heavy atom. The third kappa shape index (κ3) is 2.62. The largest absolute Gasteiger partial charge is 0.266 e. The number of H-pyrrole nitrogens is 1. The van der Waals surface area contributed by atoms with Crippen LogP contribution in [0.3, 0.4) is 0 Å². The number of aromatic nitrogens is 2. The van der Waals surface area contributed by atoms with Crippen molar-refractivity contribution >= 4 is 10.0 Å². The van der Waals surface area contributed by atoms with Crippen LogP contribution in [-0.4, -0.2) is 24.7 Å². The van der Waals surface area contributed by atoms with E-state index < -0.39 is 10.0 Å². The molecule has 1 aromatic rings. The predicted molar refractivity (Wildman–Crippen MR) is 60.3 cm³/mol. The van der Waals surface area contributed by atoms with Crippen molar-refractivity contribution in [1.29, 1.82) is 0 Å². The van der Waals surface area contributed by atoms with E-state index in [4.69, 9.17) is 0 Å². The van der Waals surface area contributed by atoms with Gasteiger partial charge in [-0.15, -0.1) is 0 Å². The normalized spacial score (nSPS) is 26.8. The van der Waals surface area contributed by atoms with Crippen molar-refractivity contribution in [2.24, 2.45) is 5.92 Å². The summed E-state index contributed by atoms with van der Waals surface area (Å²) < 4.78 is 26.4. The molecule has 0 amide bonds. The highest BCUT2D eigenvalue weighted by Crippen LogP contribution is 2.24. The molecule has 0 aromatic carbocycles. The molecule has 0 spiro atoms. The Hall–Kier alpha value is -0.880. The van der Waals surface area contributed by atoms with E-state index in [0.29, 0.717) is 5.92 Å². The monoisotopic (exact) mass is 243 g/mol. The third-order valence-electron chi connectivity index (χ3n) is 3.10. The summed E-state index contributed by atoms with van der Waals surface area (Å²) in [7, 11) is -3.40. The van der Waals surface area contributed by atoms with E-state index in [1.165, 1.54) is 12.3 Å². The van der Waals surface area contributed by atoms with Crippen LogP contribution in [0.1, 0.15) is 32.6 Å². The molecule has 1 saturated carbocycles. The van der Waals surface area contributed by atoms with E-state index >= 15 is 0 Å². The third-order valence-corrected chi connectivity index (χ3v) is 4.55. The van der Waals surface area contributed by atoms with Crippen molar-refractivity contribution < 1.29 is 8.42 Å². The van der Waals surface area contributed by atoms with E-state index in [1.54, 1.807) is 0 Å². The average Bonchev–Trinajstić information content (AvgIpc) is 2.75. The van der Waals surface area contributed by atoms with Crippen LogP contribution in [-0.2, 0) is 10.0 Å². The summed E-state index contributed by atoms with van der Waals surface area (Å²) >= 11 is 0. The zero-order valence-electron chi connectivity index (χ0n) is 9.31. The first kappa shape index (κ1) is 11.6. The van der Waals surface area contributed by atoms with Crippen molar-refractivity contribution in [2.75, 3.05) is 0 Å². The van der Waals surface area contributed by atoms with Gasteiger partial charge in [-0.1, -0.05) is 6.92 Å². The Balaban J connectivity index is 2.00. The van der Waals surface area contributed by atoms with Gasteiger partial charge >= 0.3 is 0 Å². The second kappa shape index (κ2) is 4.55. The topological polar surface area (TPSA) is 74.8 Å². The fraction of sp³-hybridized carbons (Fsp3) is 0.700. The lowest BCUT2D eigenvalue weighted by atomic mass is 9.88. The van der Waals surface area contributed by atoms with Crippen LogP contribution < -0.4 is 4.72 Å². The zero-order chi connectivity index (χ0) is 11.6.